The van der Waals surface area contributed by atoms with E-state index in [2.05, 4.69) is 57.1 Å². The van der Waals surface area contributed by atoms with Crippen LogP contribution >= 0.6 is 22.6 Å². The Morgan fingerprint density at radius 1 is 1.44 bits per heavy atom. The maximum absolute atomic E-state index is 11.5. The molecule has 0 bridgehead atoms. The molecule has 3 nitrogen and oxygen atoms in total. The fourth-order valence-electron chi connectivity index (χ4n) is 1.87. The van der Waals surface area contributed by atoms with Crippen molar-refractivity contribution in [1.82, 2.24) is 10.2 Å². The quantitative estimate of drug-likeness (QED) is 0.836. The fourth-order valence-corrected chi connectivity index (χ4v) is 2.23. The molecule has 1 aromatic rings. The minimum absolute atomic E-state index is 0.0203. The zero-order valence-electron chi connectivity index (χ0n) is 9.24. The van der Waals surface area contributed by atoms with Crippen molar-refractivity contribution in [1.29, 1.82) is 0 Å². The van der Waals surface area contributed by atoms with E-state index >= 15 is 0 Å². The number of nitrogens with zero attached hydrogens (tertiary/aromatic N) is 1. The molecule has 1 fully saturated rings. The summed E-state index contributed by atoms with van der Waals surface area (Å²) < 4.78 is 1.24. The molecule has 16 heavy (non-hydrogen) atoms. The third-order valence-corrected chi connectivity index (χ3v) is 3.64. The molecule has 1 atom stereocenters. The first-order chi connectivity index (χ1) is 7.66. The van der Waals surface area contributed by atoms with Crippen LogP contribution in [-0.2, 0) is 11.3 Å². The smallest absolute Gasteiger partial charge is 0.237 e. The number of rotatable bonds is 2. The average molecular weight is 330 g/mol. The summed E-state index contributed by atoms with van der Waals surface area (Å²) in [5.41, 5.74) is 1.27. The van der Waals surface area contributed by atoms with Gasteiger partial charge >= 0.3 is 0 Å². The number of hydrogen-bond donors (Lipinski definition) is 1. The van der Waals surface area contributed by atoms with E-state index in [1.165, 1.54) is 9.13 Å². The molecule has 1 saturated heterocycles. The lowest BCUT2D eigenvalue weighted by Crippen LogP contribution is -2.53. The van der Waals surface area contributed by atoms with Gasteiger partial charge in [-0.3, -0.25) is 9.69 Å². The predicted octanol–water partition coefficient (Wildman–Crippen LogP) is 1.61. The Kier molecular flexibility index (Phi) is 3.81. The second-order valence-electron chi connectivity index (χ2n) is 4.06. The highest BCUT2D eigenvalue weighted by atomic mass is 127. The standard InChI is InChI=1S/C12H15IN2O/c1-9-12(16)14-6-7-15(9)8-10-2-4-11(13)5-3-10/h2-5,9H,6-8H2,1H3,(H,14,16). The molecule has 0 spiro atoms. The zero-order valence-corrected chi connectivity index (χ0v) is 11.4. The highest BCUT2D eigenvalue weighted by molar-refractivity contribution is 14.1. The molecule has 86 valence electrons. The lowest BCUT2D eigenvalue weighted by atomic mass is 10.1. The molecular formula is C12H15IN2O. The Morgan fingerprint density at radius 2 is 2.12 bits per heavy atom. The predicted molar refractivity (Wildman–Crippen MR) is 72.0 cm³/mol. The molecule has 2 rings (SSSR count). The summed E-state index contributed by atoms with van der Waals surface area (Å²) in [4.78, 5) is 13.7. The molecule has 0 aromatic heterocycles. The van der Waals surface area contributed by atoms with Crippen molar-refractivity contribution in [2.24, 2.45) is 0 Å². The Balaban J connectivity index is 2.03. The van der Waals surface area contributed by atoms with E-state index in [1.807, 2.05) is 6.92 Å². The second-order valence-corrected chi connectivity index (χ2v) is 5.31. The summed E-state index contributed by atoms with van der Waals surface area (Å²) in [5.74, 6) is 0.136. The highest BCUT2D eigenvalue weighted by Crippen LogP contribution is 2.12. The molecular weight excluding hydrogens is 315 g/mol. The van der Waals surface area contributed by atoms with Crippen molar-refractivity contribution in [2.75, 3.05) is 13.1 Å². The molecule has 0 saturated carbocycles. The lowest BCUT2D eigenvalue weighted by Gasteiger charge is -2.32. The first-order valence-corrected chi connectivity index (χ1v) is 6.51. The summed E-state index contributed by atoms with van der Waals surface area (Å²) in [6.45, 7) is 4.50. The number of amides is 1. The molecule has 1 aromatic carbocycles. The molecule has 1 amide bonds. The monoisotopic (exact) mass is 330 g/mol. The topological polar surface area (TPSA) is 32.3 Å². The van der Waals surface area contributed by atoms with Gasteiger partial charge in [0.05, 0.1) is 6.04 Å². The van der Waals surface area contributed by atoms with Gasteiger partial charge in [0.2, 0.25) is 5.91 Å². The van der Waals surface area contributed by atoms with E-state index in [9.17, 15) is 4.79 Å². The maximum Gasteiger partial charge on any atom is 0.237 e. The van der Waals surface area contributed by atoms with Crippen LogP contribution in [0.2, 0.25) is 0 Å². The molecule has 1 unspecified atom stereocenters. The van der Waals surface area contributed by atoms with E-state index < -0.39 is 0 Å². The van der Waals surface area contributed by atoms with E-state index in [-0.39, 0.29) is 11.9 Å². The van der Waals surface area contributed by atoms with Gasteiger partial charge in [0.25, 0.3) is 0 Å². The van der Waals surface area contributed by atoms with Gasteiger partial charge in [-0.05, 0) is 47.2 Å². The first kappa shape index (κ1) is 11.9. The third kappa shape index (κ3) is 2.74. The van der Waals surface area contributed by atoms with Crippen LogP contribution in [0.1, 0.15) is 12.5 Å². The van der Waals surface area contributed by atoms with E-state index in [4.69, 9.17) is 0 Å². The van der Waals surface area contributed by atoms with Crippen molar-refractivity contribution < 1.29 is 4.79 Å². The van der Waals surface area contributed by atoms with Gasteiger partial charge in [-0.2, -0.15) is 0 Å². The molecule has 4 heteroatoms. The Labute approximate surface area is 109 Å². The average Bonchev–Trinajstić information content (AvgIpc) is 2.28. The van der Waals surface area contributed by atoms with Crippen molar-refractivity contribution >= 4 is 28.5 Å². The number of carbonyl (C=O) groups is 1. The first-order valence-electron chi connectivity index (χ1n) is 5.43. The summed E-state index contributed by atoms with van der Waals surface area (Å²) in [6.07, 6.45) is 0. The largest absolute Gasteiger partial charge is 0.353 e. The maximum atomic E-state index is 11.5. The van der Waals surface area contributed by atoms with Crippen LogP contribution in [0.3, 0.4) is 0 Å². The summed E-state index contributed by atoms with van der Waals surface area (Å²) in [7, 11) is 0. The highest BCUT2D eigenvalue weighted by Gasteiger charge is 2.24. The van der Waals surface area contributed by atoms with Gasteiger partial charge in [0.15, 0.2) is 0 Å². The van der Waals surface area contributed by atoms with E-state index in [0.29, 0.717) is 0 Å². The van der Waals surface area contributed by atoms with Gasteiger partial charge in [0, 0.05) is 23.2 Å². The van der Waals surface area contributed by atoms with Crippen LogP contribution in [0.25, 0.3) is 0 Å². The number of nitrogens with one attached hydrogen (secondary N) is 1. The molecule has 1 N–H and O–H groups in total. The minimum atomic E-state index is -0.0203. The summed E-state index contributed by atoms with van der Waals surface area (Å²) in [5, 5.41) is 2.87. The van der Waals surface area contributed by atoms with Crippen LogP contribution in [0.4, 0.5) is 0 Å². The summed E-state index contributed by atoms with van der Waals surface area (Å²) >= 11 is 2.30. The van der Waals surface area contributed by atoms with Crippen LogP contribution in [-0.4, -0.2) is 29.9 Å². The molecule has 1 heterocycles. The van der Waals surface area contributed by atoms with Gasteiger partial charge in [-0.25, -0.2) is 0 Å². The lowest BCUT2D eigenvalue weighted by molar-refractivity contribution is -0.128. The number of hydrogen-bond acceptors (Lipinski definition) is 2. The Morgan fingerprint density at radius 3 is 2.81 bits per heavy atom. The molecule has 0 radical (unpaired) electrons. The third-order valence-electron chi connectivity index (χ3n) is 2.92. The van der Waals surface area contributed by atoms with Gasteiger partial charge < -0.3 is 5.32 Å². The number of benzene rings is 1. The van der Waals surface area contributed by atoms with Crippen LogP contribution in [0.5, 0.6) is 0 Å². The van der Waals surface area contributed by atoms with Crippen molar-refractivity contribution in [3.8, 4) is 0 Å². The summed E-state index contributed by atoms with van der Waals surface area (Å²) in [6, 6.07) is 8.44. The second kappa shape index (κ2) is 5.14. The van der Waals surface area contributed by atoms with Gasteiger partial charge in [-0.15, -0.1) is 0 Å². The molecule has 1 aliphatic rings. The van der Waals surface area contributed by atoms with E-state index in [1.54, 1.807) is 0 Å². The SMILES string of the molecule is CC1C(=O)NCCN1Cc1ccc(I)cc1. The minimum Gasteiger partial charge on any atom is -0.353 e. The number of halogens is 1. The zero-order chi connectivity index (χ0) is 11.5. The normalized spacial score (nSPS) is 21.9. The van der Waals surface area contributed by atoms with E-state index in [0.717, 1.165) is 19.6 Å². The molecule has 0 aliphatic carbocycles. The number of carbonyl (C=O) groups excluding carboxylic acids is 1. The van der Waals surface area contributed by atoms with Crippen molar-refractivity contribution in [3.05, 3.63) is 33.4 Å². The fraction of sp³-hybridized carbons (Fsp3) is 0.417. The van der Waals surface area contributed by atoms with Crippen molar-refractivity contribution in [2.45, 2.75) is 19.5 Å². The number of piperazine rings is 1. The van der Waals surface area contributed by atoms with Crippen LogP contribution in [0.15, 0.2) is 24.3 Å². The van der Waals surface area contributed by atoms with Gasteiger partial charge in [0.1, 0.15) is 0 Å². The van der Waals surface area contributed by atoms with Crippen LogP contribution < -0.4 is 5.32 Å². The van der Waals surface area contributed by atoms with Gasteiger partial charge in [-0.1, -0.05) is 12.1 Å². The molecule has 1 aliphatic heterocycles. The Hall–Kier alpha value is -0.620. The Bertz CT molecular complexity index is 377. The van der Waals surface area contributed by atoms with Crippen molar-refractivity contribution in [3.63, 3.8) is 0 Å². The van der Waals surface area contributed by atoms with Crippen LogP contribution in [0, 0.1) is 3.57 Å².